The quantitative estimate of drug-likeness (QED) is 0.242. The highest BCUT2D eigenvalue weighted by atomic mass is 15.2. The molecular formula is C6H9N5. The Labute approximate surface area is 64.1 Å². The van der Waals surface area contributed by atoms with Gasteiger partial charge in [0.25, 0.3) is 0 Å². The summed E-state index contributed by atoms with van der Waals surface area (Å²) in [6.07, 6.45) is 1.61. The van der Waals surface area contributed by atoms with E-state index in [0.29, 0.717) is 11.5 Å². The Morgan fingerprint density at radius 1 is 1.64 bits per heavy atom. The second kappa shape index (κ2) is 2.96. The Morgan fingerprint density at radius 2 is 2.36 bits per heavy atom. The van der Waals surface area contributed by atoms with Gasteiger partial charge in [-0.3, -0.25) is 0 Å². The number of nitrogens with zero attached hydrogens (tertiary/aromatic N) is 3. The Hall–Kier alpha value is -1.65. The predicted octanol–water partition coefficient (Wildman–Crippen LogP) is -0.636. The van der Waals surface area contributed by atoms with Gasteiger partial charge in [-0.15, -0.1) is 0 Å². The van der Waals surface area contributed by atoms with Crippen LogP contribution in [-0.2, 0) is 0 Å². The summed E-state index contributed by atoms with van der Waals surface area (Å²) in [5.41, 5.74) is 5.95. The fourth-order valence-corrected chi connectivity index (χ4v) is 0.665. The first-order valence-corrected chi connectivity index (χ1v) is 3.07. The molecule has 0 saturated carbocycles. The van der Waals surface area contributed by atoms with Gasteiger partial charge >= 0.3 is 0 Å². The van der Waals surface area contributed by atoms with Crippen molar-refractivity contribution < 1.29 is 0 Å². The van der Waals surface area contributed by atoms with Crippen molar-refractivity contribution in [1.82, 2.24) is 9.97 Å². The first-order valence-electron chi connectivity index (χ1n) is 3.07. The largest absolute Gasteiger partial charge is 0.380 e. The molecule has 1 heterocycles. The lowest BCUT2D eigenvalue weighted by molar-refractivity contribution is 1.03. The van der Waals surface area contributed by atoms with Gasteiger partial charge in [-0.1, -0.05) is 0 Å². The van der Waals surface area contributed by atoms with E-state index in [1.165, 1.54) is 0 Å². The molecule has 0 aromatic carbocycles. The summed E-state index contributed by atoms with van der Waals surface area (Å²) in [5, 5.41) is 3.30. The molecule has 5 nitrogen and oxygen atoms in total. The molecular weight excluding hydrogens is 142 g/mol. The Kier molecular flexibility index (Phi) is 2.00. The number of nitrogens with two attached hydrogens (primary N) is 2. The summed E-state index contributed by atoms with van der Waals surface area (Å²) in [6, 6.07) is 1.65. The SMILES string of the molecule is Cc1nccc(/C(N)=N/N)n1. The van der Waals surface area contributed by atoms with Gasteiger partial charge < -0.3 is 11.6 Å². The smallest absolute Gasteiger partial charge is 0.169 e. The van der Waals surface area contributed by atoms with Crippen LogP contribution in [0.4, 0.5) is 0 Å². The molecule has 11 heavy (non-hydrogen) atoms. The van der Waals surface area contributed by atoms with Crippen molar-refractivity contribution >= 4 is 5.84 Å². The number of rotatable bonds is 1. The minimum Gasteiger partial charge on any atom is -0.380 e. The molecule has 0 aliphatic heterocycles. The number of aryl methyl sites for hydroxylation is 1. The highest BCUT2D eigenvalue weighted by Crippen LogP contribution is 1.92. The summed E-state index contributed by atoms with van der Waals surface area (Å²) >= 11 is 0. The van der Waals surface area contributed by atoms with Crippen molar-refractivity contribution in [2.75, 3.05) is 0 Å². The van der Waals surface area contributed by atoms with Gasteiger partial charge in [0.15, 0.2) is 5.84 Å². The monoisotopic (exact) mass is 151 g/mol. The molecule has 0 spiro atoms. The van der Waals surface area contributed by atoms with Gasteiger partial charge in [0.2, 0.25) is 0 Å². The van der Waals surface area contributed by atoms with E-state index in [1.807, 2.05) is 0 Å². The van der Waals surface area contributed by atoms with Crippen molar-refractivity contribution in [1.29, 1.82) is 0 Å². The van der Waals surface area contributed by atoms with E-state index in [4.69, 9.17) is 11.6 Å². The summed E-state index contributed by atoms with van der Waals surface area (Å²) < 4.78 is 0. The zero-order chi connectivity index (χ0) is 8.27. The van der Waals surface area contributed by atoms with E-state index in [-0.39, 0.29) is 5.84 Å². The lowest BCUT2D eigenvalue weighted by Crippen LogP contribution is -2.17. The third-order valence-corrected chi connectivity index (χ3v) is 1.18. The number of amidine groups is 1. The van der Waals surface area contributed by atoms with E-state index >= 15 is 0 Å². The van der Waals surface area contributed by atoms with Gasteiger partial charge in [0.05, 0.1) is 0 Å². The van der Waals surface area contributed by atoms with Gasteiger partial charge in [-0.05, 0) is 13.0 Å². The standard InChI is InChI=1S/C6H9N5/c1-4-9-3-2-5(10-4)6(7)11-8/h2-3H,8H2,1H3,(H2,7,11). The van der Waals surface area contributed by atoms with E-state index in [0.717, 1.165) is 0 Å². The lowest BCUT2D eigenvalue weighted by atomic mass is 10.4. The number of hydrogen-bond donors (Lipinski definition) is 2. The minimum absolute atomic E-state index is 0.218. The molecule has 5 heteroatoms. The fraction of sp³-hybridized carbons (Fsp3) is 0.167. The molecule has 0 amide bonds. The van der Waals surface area contributed by atoms with Crippen LogP contribution in [0, 0.1) is 6.92 Å². The van der Waals surface area contributed by atoms with Gasteiger partial charge in [0.1, 0.15) is 11.5 Å². The molecule has 0 bridgehead atoms. The maximum atomic E-state index is 5.40. The lowest BCUT2D eigenvalue weighted by Gasteiger charge is -1.97. The fourth-order valence-electron chi connectivity index (χ4n) is 0.665. The van der Waals surface area contributed by atoms with E-state index in [9.17, 15) is 0 Å². The normalized spacial score (nSPS) is 11.5. The van der Waals surface area contributed by atoms with Crippen LogP contribution in [0.3, 0.4) is 0 Å². The molecule has 0 aliphatic rings. The molecule has 0 atom stereocenters. The van der Waals surface area contributed by atoms with Crippen LogP contribution in [0.5, 0.6) is 0 Å². The molecule has 0 unspecified atom stereocenters. The van der Waals surface area contributed by atoms with Crippen LogP contribution in [0.15, 0.2) is 17.4 Å². The molecule has 4 N–H and O–H groups in total. The van der Waals surface area contributed by atoms with Crippen molar-refractivity contribution in [3.05, 3.63) is 23.8 Å². The summed E-state index contributed by atoms with van der Waals surface area (Å²) in [4.78, 5) is 7.89. The summed E-state index contributed by atoms with van der Waals surface area (Å²) in [7, 11) is 0. The van der Waals surface area contributed by atoms with Crippen LogP contribution >= 0.6 is 0 Å². The van der Waals surface area contributed by atoms with Crippen LogP contribution in [0.25, 0.3) is 0 Å². The number of aromatic nitrogens is 2. The number of hydrogen-bond acceptors (Lipinski definition) is 4. The first-order chi connectivity index (χ1) is 5.24. The molecule has 1 aromatic rings. The molecule has 1 rings (SSSR count). The van der Waals surface area contributed by atoms with Crippen molar-refractivity contribution in [3.63, 3.8) is 0 Å². The van der Waals surface area contributed by atoms with Gasteiger partial charge in [-0.2, -0.15) is 5.10 Å². The van der Waals surface area contributed by atoms with Crippen LogP contribution in [-0.4, -0.2) is 15.8 Å². The second-order valence-corrected chi connectivity index (χ2v) is 2.00. The number of hydrazone groups is 1. The zero-order valence-electron chi connectivity index (χ0n) is 6.15. The van der Waals surface area contributed by atoms with Gasteiger partial charge in [0, 0.05) is 6.20 Å². The average Bonchev–Trinajstić information content (AvgIpc) is 2.03. The molecule has 0 fully saturated rings. The maximum Gasteiger partial charge on any atom is 0.169 e. The summed E-state index contributed by atoms with van der Waals surface area (Å²) in [6.45, 7) is 1.77. The van der Waals surface area contributed by atoms with Crippen molar-refractivity contribution in [2.24, 2.45) is 16.7 Å². The van der Waals surface area contributed by atoms with Crippen LogP contribution in [0.2, 0.25) is 0 Å². The minimum atomic E-state index is 0.218. The highest BCUT2D eigenvalue weighted by Gasteiger charge is 1.98. The summed E-state index contributed by atoms with van der Waals surface area (Å²) in [5.74, 6) is 5.82. The molecule has 0 aliphatic carbocycles. The Bertz CT molecular complexity index is 280. The topological polar surface area (TPSA) is 90.2 Å². The van der Waals surface area contributed by atoms with Gasteiger partial charge in [-0.25, -0.2) is 9.97 Å². The zero-order valence-corrected chi connectivity index (χ0v) is 6.15. The van der Waals surface area contributed by atoms with Crippen molar-refractivity contribution in [2.45, 2.75) is 6.92 Å². The van der Waals surface area contributed by atoms with E-state index in [1.54, 1.807) is 19.2 Å². The average molecular weight is 151 g/mol. The third-order valence-electron chi connectivity index (χ3n) is 1.18. The first kappa shape index (κ1) is 7.46. The third kappa shape index (κ3) is 1.64. The molecule has 0 saturated heterocycles. The molecule has 1 aromatic heterocycles. The predicted molar refractivity (Wildman–Crippen MR) is 41.7 cm³/mol. The molecule has 58 valence electrons. The second-order valence-electron chi connectivity index (χ2n) is 2.00. The van der Waals surface area contributed by atoms with Crippen LogP contribution < -0.4 is 11.6 Å². The highest BCUT2D eigenvalue weighted by molar-refractivity contribution is 5.95. The van der Waals surface area contributed by atoms with Crippen molar-refractivity contribution in [3.8, 4) is 0 Å². The Morgan fingerprint density at radius 3 is 2.91 bits per heavy atom. The maximum absolute atomic E-state index is 5.40. The van der Waals surface area contributed by atoms with E-state index in [2.05, 4.69) is 15.1 Å². The molecule has 0 radical (unpaired) electrons. The van der Waals surface area contributed by atoms with Crippen LogP contribution in [0.1, 0.15) is 11.5 Å². The van der Waals surface area contributed by atoms with E-state index < -0.39 is 0 Å². The Balaban J connectivity index is 3.06.